The molecule has 6 heteroatoms. The maximum absolute atomic E-state index is 13.0. The molecule has 0 aromatic heterocycles. The number of rotatable bonds is 2. The Morgan fingerprint density at radius 3 is 2.85 bits per heavy atom. The molecule has 0 amide bonds. The van der Waals surface area contributed by atoms with E-state index in [4.69, 9.17) is 14.2 Å². The minimum Gasteiger partial charge on any atom is -0.493 e. The highest BCUT2D eigenvalue weighted by atomic mass is 16.5. The van der Waals surface area contributed by atoms with E-state index in [1.165, 1.54) is 0 Å². The molecule has 1 aromatic carbocycles. The van der Waals surface area contributed by atoms with Gasteiger partial charge in [0.2, 0.25) is 0 Å². The number of piperidine rings is 1. The second-order valence-corrected chi connectivity index (χ2v) is 7.93. The Kier molecular flexibility index (Phi) is 3.02. The quantitative estimate of drug-likeness (QED) is 0.754. The molecule has 4 aliphatic rings. The van der Waals surface area contributed by atoms with Gasteiger partial charge < -0.3 is 19.1 Å². The van der Waals surface area contributed by atoms with Crippen molar-refractivity contribution in [2.75, 3.05) is 20.8 Å². The Morgan fingerprint density at radius 2 is 2.15 bits per heavy atom. The summed E-state index contributed by atoms with van der Waals surface area (Å²) in [5.41, 5.74) is 1.05. The molecule has 2 aliphatic heterocycles. The SMILES string of the molecule is COc1ccc2c3c1O[C@H]1C(=O)C[C@@H](C)[C@@]4(OC)[C@@H](C2)N(C#N)CC[C@]314. The number of nitrogens with zero attached hydrogens (tertiary/aromatic N) is 2. The van der Waals surface area contributed by atoms with Gasteiger partial charge in [-0.1, -0.05) is 13.0 Å². The van der Waals surface area contributed by atoms with Crippen LogP contribution in [0.1, 0.15) is 30.9 Å². The van der Waals surface area contributed by atoms with Gasteiger partial charge in [0.15, 0.2) is 29.6 Å². The first kappa shape index (κ1) is 16.0. The van der Waals surface area contributed by atoms with Crippen LogP contribution in [0.5, 0.6) is 11.5 Å². The van der Waals surface area contributed by atoms with E-state index in [-0.39, 0.29) is 17.7 Å². The zero-order valence-corrected chi connectivity index (χ0v) is 15.2. The van der Waals surface area contributed by atoms with Gasteiger partial charge in [0.1, 0.15) is 5.60 Å². The van der Waals surface area contributed by atoms with E-state index in [1.807, 2.05) is 11.0 Å². The standard InChI is InChI=1S/C20H22N2O4/c1-11-8-13(23)18-19-6-7-22(10-21)15(20(11,19)25-3)9-12-4-5-14(24-2)17(26-18)16(12)19/h4-5,11,15,18H,6-9H2,1-3H3/t11-,15-,18+,19+,20-/m1/s1. The molecule has 2 aliphatic carbocycles. The lowest BCUT2D eigenvalue weighted by molar-refractivity contribution is -0.215. The third kappa shape index (κ3) is 1.43. The molecule has 136 valence electrons. The van der Waals surface area contributed by atoms with Crippen LogP contribution >= 0.6 is 0 Å². The maximum atomic E-state index is 13.0. The predicted molar refractivity (Wildman–Crippen MR) is 92.0 cm³/mol. The molecule has 1 spiro atoms. The van der Waals surface area contributed by atoms with Crippen molar-refractivity contribution in [3.63, 3.8) is 0 Å². The minimum absolute atomic E-state index is 0.00583. The fourth-order valence-corrected chi connectivity index (χ4v) is 6.50. The Bertz CT molecular complexity index is 862. The fourth-order valence-electron chi connectivity index (χ4n) is 6.50. The molecule has 2 heterocycles. The number of benzene rings is 1. The molecule has 1 saturated heterocycles. The van der Waals surface area contributed by atoms with Crippen molar-refractivity contribution in [1.29, 1.82) is 5.26 Å². The van der Waals surface area contributed by atoms with Crippen LogP contribution in [0.25, 0.3) is 0 Å². The van der Waals surface area contributed by atoms with Gasteiger partial charge in [-0.05, 0) is 30.4 Å². The number of hydrogen-bond acceptors (Lipinski definition) is 6. The van der Waals surface area contributed by atoms with Gasteiger partial charge in [-0.15, -0.1) is 0 Å². The number of nitriles is 1. The number of carbonyl (C=O) groups is 1. The van der Waals surface area contributed by atoms with Gasteiger partial charge in [-0.2, -0.15) is 5.26 Å². The molecule has 0 radical (unpaired) electrons. The molecule has 1 aromatic rings. The van der Waals surface area contributed by atoms with E-state index in [9.17, 15) is 10.1 Å². The third-order valence-corrected chi connectivity index (χ3v) is 7.28. The van der Waals surface area contributed by atoms with Crippen LogP contribution in [0.3, 0.4) is 0 Å². The molecule has 2 fully saturated rings. The van der Waals surface area contributed by atoms with Crippen molar-refractivity contribution in [2.45, 2.75) is 49.3 Å². The second kappa shape index (κ2) is 4.92. The largest absolute Gasteiger partial charge is 0.493 e. The summed E-state index contributed by atoms with van der Waals surface area (Å²) in [6, 6.07) is 3.87. The summed E-state index contributed by atoms with van der Waals surface area (Å²) in [6.07, 6.45) is 3.59. The molecule has 2 bridgehead atoms. The van der Waals surface area contributed by atoms with Crippen LogP contribution in [-0.2, 0) is 21.4 Å². The number of hydrogen-bond donors (Lipinski definition) is 0. The first-order valence-electron chi connectivity index (χ1n) is 9.16. The average molecular weight is 354 g/mol. The van der Waals surface area contributed by atoms with Crippen LogP contribution in [-0.4, -0.2) is 49.2 Å². The topological polar surface area (TPSA) is 71.8 Å². The van der Waals surface area contributed by atoms with Gasteiger partial charge in [0.25, 0.3) is 0 Å². The summed E-state index contributed by atoms with van der Waals surface area (Å²) in [5.74, 6) is 1.49. The highest BCUT2D eigenvalue weighted by molar-refractivity contribution is 5.90. The van der Waals surface area contributed by atoms with Crippen molar-refractivity contribution in [1.82, 2.24) is 4.90 Å². The summed E-state index contributed by atoms with van der Waals surface area (Å²) in [6.45, 7) is 2.69. The highest BCUT2D eigenvalue weighted by Gasteiger charge is 2.76. The molecule has 0 N–H and O–H groups in total. The molecular formula is C20H22N2O4. The van der Waals surface area contributed by atoms with Crippen molar-refractivity contribution in [3.05, 3.63) is 23.3 Å². The van der Waals surface area contributed by atoms with Crippen LogP contribution in [0.15, 0.2) is 12.1 Å². The highest BCUT2D eigenvalue weighted by Crippen LogP contribution is 2.67. The Hall–Kier alpha value is -2.26. The fraction of sp³-hybridized carbons (Fsp3) is 0.600. The lowest BCUT2D eigenvalue weighted by Crippen LogP contribution is -2.79. The summed E-state index contributed by atoms with van der Waals surface area (Å²) < 4.78 is 18.1. The van der Waals surface area contributed by atoms with E-state index >= 15 is 0 Å². The molecular weight excluding hydrogens is 332 g/mol. The number of carbonyl (C=O) groups excluding carboxylic acids is 1. The number of ketones is 1. The Morgan fingerprint density at radius 1 is 1.35 bits per heavy atom. The number of likely N-dealkylation sites (tertiary alicyclic amines) is 1. The summed E-state index contributed by atoms with van der Waals surface area (Å²) in [5, 5.41) is 9.75. The van der Waals surface area contributed by atoms with Crippen molar-refractivity contribution >= 4 is 5.78 Å². The Labute approximate surface area is 152 Å². The normalized spacial score (nSPS) is 39.1. The van der Waals surface area contributed by atoms with Crippen LogP contribution in [0, 0.1) is 17.4 Å². The summed E-state index contributed by atoms with van der Waals surface area (Å²) in [4.78, 5) is 14.9. The number of methoxy groups -OCH3 is 2. The molecule has 6 nitrogen and oxygen atoms in total. The van der Waals surface area contributed by atoms with E-state index in [1.54, 1.807) is 14.2 Å². The minimum atomic E-state index is -0.621. The second-order valence-electron chi connectivity index (χ2n) is 7.93. The van der Waals surface area contributed by atoms with Gasteiger partial charge in [-0.3, -0.25) is 4.79 Å². The van der Waals surface area contributed by atoms with Gasteiger partial charge in [0, 0.05) is 25.6 Å². The Balaban J connectivity index is 1.88. The number of Topliss-reactive ketones (excluding diaryl/α,β-unsaturated/α-hetero) is 1. The van der Waals surface area contributed by atoms with Crippen molar-refractivity contribution < 1.29 is 19.0 Å². The van der Waals surface area contributed by atoms with E-state index < -0.39 is 17.1 Å². The zero-order chi connectivity index (χ0) is 18.3. The third-order valence-electron chi connectivity index (χ3n) is 7.28. The first-order valence-corrected chi connectivity index (χ1v) is 9.16. The maximum Gasteiger partial charge on any atom is 0.179 e. The van der Waals surface area contributed by atoms with Gasteiger partial charge in [0.05, 0.1) is 18.6 Å². The zero-order valence-electron chi connectivity index (χ0n) is 15.2. The summed E-state index contributed by atoms with van der Waals surface area (Å²) in [7, 11) is 3.35. The van der Waals surface area contributed by atoms with E-state index in [0.29, 0.717) is 37.3 Å². The van der Waals surface area contributed by atoms with Crippen LogP contribution in [0.4, 0.5) is 0 Å². The van der Waals surface area contributed by atoms with Crippen molar-refractivity contribution in [3.8, 4) is 17.7 Å². The van der Waals surface area contributed by atoms with Gasteiger partial charge >= 0.3 is 0 Å². The van der Waals surface area contributed by atoms with Crippen LogP contribution in [0.2, 0.25) is 0 Å². The molecule has 5 atom stereocenters. The van der Waals surface area contributed by atoms with E-state index in [2.05, 4.69) is 19.2 Å². The lowest BCUT2D eigenvalue weighted by atomic mass is 9.46. The average Bonchev–Trinajstić information content (AvgIpc) is 2.99. The number of ether oxygens (including phenoxy) is 3. The van der Waals surface area contributed by atoms with Gasteiger partial charge in [-0.25, -0.2) is 0 Å². The monoisotopic (exact) mass is 354 g/mol. The van der Waals surface area contributed by atoms with Crippen LogP contribution < -0.4 is 9.47 Å². The molecule has 5 rings (SSSR count). The molecule has 1 saturated carbocycles. The first-order chi connectivity index (χ1) is 12.5. The summed E-state index contributed by atoms with van der Waals surface area (Å²) >= 11 is 0. The van der Waals surface area contributed by atoms with E-state index in [0.717, 1.165) is 11.1 Å². The lowest BCUT2D eigenvalue weighted by Gasteiger charge is -2.65. The molecule has 0 unspecified atom stereocenters. The van der Waals surface area contributed by atoms with Crippen molar-refractivity contribution in [2.24, 2.45) is 5.92 Å². The molecule has 26 heavy (non-hydrogen) atoms. The smallest absolute Gasteiger partial charge is 0.179 e. The predicted octanol–water partition coefficient (Wildman–Crippen LogP) is 1.80.